The fraction of sp³-hybridized carbons (Fsp3) is 0.167. The van der Waals surface area contributed by atoms with Crippen molar-refractivity contribution in [3.63, 3.8) is 0 Å². The van der Waals surface area contributed by atoms with Gasteiger partial charge < -0.3 is 15.2 Å². The molecular formula is C18H18N4O2S. The number of thiophene rings is 1. The molecule has 0 atom stereocenters. The fourth-order valence-corrected chi connectivity index (χ4v) is 3.01. The summed E-state index contributed by atoms with van der Waals surface area (Å²) in [6.45, 7) is 2.32. The van der Waals surface area contributed by atoms with Crippen LogP contribution >= 0.6 is 11.3 Å². The van der Waals surface area contributed by atoms with Gasteiger partial charge in [0, 0.05) is 18.0 Å². The molecule has 0 bridgehead atoms. The molecule has 25 heavy (non-hydrogen) atoms. The number of amides is 2. The molecule has 0 spiro atoms. The van der Waals surface area contributed by atoms with Crippen LogP contribution in [0.1, 0.15) is 27.9 Å². The zero-order chi connectivity index (χ0) is 17.6. The summed E-state index contributed by atoms with van der Waals surface area (Å²) in [6, 6.07) is 11.3. The molecule has 0 aliphatic carbocycles. The summed E-state index contributed by atoms with van der Waals surface area (Å²) in [5, 5.41) is 7.63. The SMILES string of the molecule is CC(=O)NCc1cn(-c2ccccc2C(=O)NCc2cccs2)cn1. The Balaban J connectivity index is 1.76. The number of carbonyl (C=O) groups excluding carboxylic acids is 2. The maximum absolute atomic E-state index is 12.6. The van der Waals surface area contributed by atoms with Gasteiger partial charge >= 0.3 is 0 Å². The number of imidazole rings is 1. The molecule has 0 unspecified atom stereocenters. The van der Waals surface area contributed by atoms with E-state index in [1.165, 1.54) is 6.92 Å². The minimum Gasteiger partial charge on any atom is -0.351 e. The minimum atomic E-state index is -0.138. The molecule has 2 heterocycles. The van der Waals surface area contributed by atoms with Crippen molar-refractivity contribution < 1.29 is 9.59 Å². The Bertz CT molecular complexity index is 871. The van der Waals surface area contributed by atoms with Crippen molar-refractivity contribution in [3.05, 3.63) is 70.4 Å². The van der Waals surface area contributed by atoms with Crippen LogP contribution in [0.15, 0.2) is 54.3 Å². The first-order valence-corrected chi connectivity index (χ1v) is 8.69. The van der Waals surface area contributed by atoms with Crippen LogP contribution in [-0.2, 0) is 17.9 Å². The Morgan fingerprint density at radius 1 is 1.12 bits per heavy atom. The molecule has 128 valence electrons. The summed E-state index contributed by atoms with van der Waals surface area (Å²) in [5.74, 6) is -0.246. The molecule has 2 amide bonds. The van der Waals surface area contributed by atoms with Crippen LogP contribution < -0.4 is 10.6 Å². The van der Waals surface area contributed by atoms with Crippen LogP contribution in [0.5, 0.6) is 0 Å². The van der Waals surface area contributed by atoms with Crippen molar-refractivity contribution in [2.75, 3.05) is 0 Å². The van der Waals surface area contributed by atoms with E-state index in [0.717, 1.165) is 16.3 Å². The predicted molar refractivity (Wildman–Crippen MR) is 96.6 cm³/mol. The third-order valence-corrected chi connectivity index (χ3v) is 4.46. The van der Waals surface area contributed by atoms with Gasteiger partial charge in [0.2, 0.25) is 5.91 Å². The molecule has 0 aliphatic heterocycles. The van der Waals surface area contributed by atoms with Crippen molar-refractivity contribution in [1.82, 2.24) is 20.2 Å². The van der Waals surface area contributed by atoms with Crippen LogP contribution in [0.25, 0.3) is 5.69 Å². The maximum atomic E-state index is 12.6. The molecule has 0 saturated heterocycles. The molecule has 1 aromatic carbocycles. The van der Waals surface area contributed by atoms with Gasteiger partial charge in [0.1, 0.15) is 0 Å². The van der Waals surface area contributed by atoms with Crippen molar-refractivity contribution in [2.45, 2.75) is 20.0 Å². The summed E-state index contributed by atoms with van der Waals surface area (Å²) >= 11 is 1.61. The zero-order valence-electron chi connectivity index (χ0n) is 13.7. The number of nitrogens with zero attached hydrogens (tertiary/aromatic N) is 2. The number of hydrogen-bond acceptors (Lipinski definition) is 4. The second-order valence-electron chi connectivity index (χ2n) is 5.46. The van der Waals surface area contributed by atoms with Gasteiger partial charge in [-0.25, -0.2) is 4.98 Å². The largest absolute Gasteiger partial charge is 0.351 e. The summed E-state index contributed by atoms with van der Waals surface area (Å²) in [4.78, 5) is 28.9. The molecule has 2 aromatic heterocycles. The van der Waals surface area contributed by atoms with Gasteiger partial charge in [-0.05, 0) is 23.6 Å². The smallest absolute Gasteiger partial charge is 0.253 e. The predicted octanol–water partition coefficient (Wildman–Crippen LogP) is 2.50. The van der Waals surface area contributed by atoms with Gasteiger partial charge in [-0.1, -0.05) is 18.2 Å². The third kappa shape index (κ3) is 4.33. The van der Waals surface area contributed by atoms with E-state index in [-0.39, 0.29) is 11.8 Å². The Kier molecular flexibility index (Phi) is 5.25. The lowest BCUT2D eigenvalue weighted by Crippen LogP contribution is -2.23. The quantitative estimate of drug-likeness (QED) is 0.714. The van der Waals surface area contributed by atoms with E-state index >= 15 is 0 Å². The molecular weight excluding hydrogens is 336 g/mol. The second-order valence-corrected chi connectivity index (χ2v) is 6.49. The molecule has 3 aromatic rings. The standard InChI is InChI=1S/C18H18N4O2S/c1-13(23)19-9-14-11-22(12-21-14)17-7-3-2-6-16(17)18(24)20-10-15-5-4-8-25-15/h2-8,11-12H,9-10H2,1H3,(H,19,23)(H,20,24). The first-order chi connectivity index (χ1) is 12.1. The Morgan fingerprint density at radius 2 is 1.96 bits per heavy atom. The summed E-state index contributed by atoms with van der Waals surface area (Å²) in [6.07, 6.45) is 3.45. The van der Waals surface area contributed by atoms with Gasteiger partial charge in [0.25, 0.3) is 5.91 Å². The summed E-state index contributed by atoms with van der Waals surface area (Å²) < 4.78 is 1.79. The van der Waals surface area contributed by atoms with Gasteiger partial charge in [-0.15, -0.1) is 11.3 Å². The highest BCUT2D eigenvalue weighted by Crippen LogP contribution is 2.16. The first-order valence-electron chi connectivity index (χ1n) is 7.81. The number of hydrogen-bond donors (Lipinski definition) is 2. The minimum absolute atomic E-state index is 0.108. The van der Waals surface area contributed by atoms with E-state index in [1.54, 1.807) is 34.5 Å². The van der Waals surface area contributed by atoms with Crippen LogP contribution in [0, 0.1) is 0 Å². The van der Waals surface area contributed by atoms with Gasteiger partial charge in [-0.2, -0.15) is 0 Å². The Labute approximate surface area is 149 Å². The Hall–Kier alpha value is -2.93. The zero-order valence-corrected chi connectivity index (χ0v) is 14.5. The average molecular weight is 354 g/mol. The number of carbonyl (C=O) groups is 2. The van der Waals surface area contributed by atoms with Gasteiger partial charge in [0.05, 0.1) is 36.4 Å². The molecule has 0 radical (unpaired) electrons. The number of aromatic nitrogens is 2. The van der Waals surface area contributed by atoms with E-state index in [9.17, 15) is 9.59 Å². The Morgan fingerprint density at radius 3 is 2.72 bits per heavy atom. The molecule has 0 fully saturated rings. The first kappa shape index (κ1) is 16.9. The van der Waals surface area contributed by atoms with Crippen LogP contribution in [-0.4, -0.2) is 21.4 Å². The second kappa shape index (κ2) is 7.76. The van der Waals surface area contributed by atoms with E-state index in [2.05, 4.69) is 15.6 Å². The monoisotopic (exact) mass is 354 g/mol. The number of nitrogens with one attached hydrogen (secondary N) is 2. The highest BCUT2D eigenvalue weighted by Gasteiger charge is 2.13. The molecule has 2 N–H and O–H groups in total. The van der Waals surface area contributed by atoms with Crippen molar-refractivity contribution in [3.8, 4) is 5.69 Å². The van der Waals surface area contributed by atoms with Gasteiger partial charge in [-0.3, -0.25) is 9.59 Å². The summed E-state index contributed by atoms with van der Waals surface area (Å²) in [5.41, 5.74) is 2.04. The van der Waals surface area contributed by atoms with Crippen LogP contribution in [0.4, 0.5) is 0 Å². The maximum Gasteiger partial charge on any atom is 0.253 e. The van der Waals surface area contributed by atoms with Crippen molar-refractivity contribution in [2.24, 2.45) is 0 Å². The molecule has 7 heteroatoms. The summed E-state index contributed by atoms with van der Waals surface area (Å²) in [7, 11) is 0. The van der Waals surface area contributed by atoms with Crippen LogP contribution in [0.3, 0.4) is 0 Å². The lowest BCUT2D eigenvalue weighted by Gasteiger charge is -2.10. The number of para-hydroxylation sites is 1. The van der Waals surface area contributed by atoms with E-state index in [4.69, 9.17) is 0 Å². The molecule has 0 aliphatic rings. The van der Waals surface area contributed by atoms with E-state index < -0.39 is 0 Å². The lowest BCUT2D eigenvalue weighted by molar-refractivity contribution is -0.119. The van der Waals surface area contributed by atoms with Crippen molar-refractivity contribution in [1.29, 1.82) is 0 Å². The van der Waals surface area contributed by atoms with Crippen molar-refractivity contribution >= 4 is 23.2 Å². The third-order valence-electron chi connectivity index (χ3n) is 3.58. The van der Waals surface area contributed by atoms with Gasteiger partial charge in [0.15, 0.2) is 0 Å². The highest BCUT2D eigenvalue weighted by molar-refractivity contribution is 7.09. The molecule has 3 rings (SSSR count). The van der Waals surface area contributed by atoms with E-state index in [1.807, 2.05) is 35.7 Å². The normalized spacial score (nSPS) is 10.4. The lowest BCUT2D eigenvalue weighted by atomic mass is 10.1. The van der Waals surface area contributed by atoms with Crippen LogP contribution in [0.2, 0.25) is 0 Å². The molecule has 6 nitrogen and oxygen atoms in total. The topological polar surface area (TPSA) is 76.0 Å². The fourth-order valence-electron chi connectivity index (χ4n) is 2.37. The molecule has 0 saturated carbocycles. The number of benzene rings is 1. The highest BCUT2D eigenvalue weighted by atomic mass is 32.1. The number of rotatable bonds is 6. The average Bonchev–Trinajstić information content (AvgIpc) is 3.29. The van der Waals surface area contributed by atoms with E-state index in [0.29, 0.717) is 18.7 Å².